The van der Waals surface area contributed by atoms with Crippen LogP contribution in [0.1, 0.15) is 0 Å². The van der Waals surface area contributed by atoms with Gasteiger partial charge in [-0.05, 0) is 22.9 Å². The fourth-order valence-electron chi connectivity index (χ4n) is 1.42. The number of ether oxygens (including phenoxy) is 1. The van der Waals surface area contributed by atoms with E-state index in [4.69, 9.17) is 7.80 Å². The smallest absolute Gasteiger partial charge is 0.192 e. The maximum absolute atomic E-state index is 5.21. The van der Waals surface area contributed by atoms with Gasteiger partial charge in [0.25, 0.3) is 0 Å². The van der Waals surface area contributed by atoms with Crippen LogP contribution in [0.2, 0.25) is 0 Å². The van der Waals surface area contributed by atoms with Gasteiger partial charge in [0.05, 0.1) is 7.11 Å². The largest absolute Gasteiger partial charge is 0.493 e. The van der Waals surface area contributed by atoms with E-state index in [1.165, 1.54) is 0 Å². The fraction of sp³-hybridized carbons (Fsp3) is 0.0909. The molecule has 0 saturated heterocycles. The summed E-state index contributed by atoms with van der Waals surface area (Å²) >= 11 is 1.85. The molecule has 0 bridgehead atoms. The zero-order valence-electron chi connectivity index (χ0n) is 7.66. The summed E-state index contributed by atoms with van der Waals surface area (Å²) in [6, 6.07) is 12.1. The zero-order valence-corrected chi connectivity index (χ0v) is 9.82. The Balaban J connectivity index is 2.69. The Morgan fingerprint density at radius 2 is 1.57 bits per heavy atom. The molecule has 0 aromatic heterocycles. The van der Waals surface area contributed by atoms with Gasteiger partial charge < -0.3 is 7.80 Å². The van der Waals surface area contributed by atoms with Crippen molar-refractivity contribution in [2.75, 3.05) is 7.11 Å². The van der Waals surface area contributed by atoms with Crippen LogP contribution >= 0.6 is 23.0 Å². The highest BCUT2D eigenvalue weighted by Crippen LogP contribution is 2.33. The van der Waals surface area contributed by atoms with Crippen LogP contribution in [0.4, 0.5) is 0 Å². The second kappa shape index (κ2) is 4.04. The first-order valence-corrected chi connectivity index (χ1v) is 5.08. The van der Waals surface area contributed by atoms with E-state index >= 15 is 0 Å². The molecule has 0 aliphatic heterocycles. The second-order valence-electron chi connectivity index (χ2n) is 2.93. The average Bonchev–Trinajstić information content (AvgIpc) is 2.27. The Kier molecular flexibility index (Phi) is 2.77. The lowest BCUT2D eigenvalue weighted by molar-refractivity contribution is 0.404. The first kappa shape index (κ1) is 9.58. The Morgan fingerprint density at radius 3 is 2.07 bits per heavy atom. The van der Waals surface area contributed by atoms with E-state index < -0.39 is 0 Å². The van der Waals surface area contributed by atoms with Gasteiger partial charge >= 0.3 is 0 Å². The number of benzene rings is 2. The minimum absolute atomic E-state index is 0.756. The molecule has 0 spiro atoms. The minimum Gasteiger partial charge on any atom is -0.493 e. The molecule has 3 heteroatoms. The van der Waals surface area contributed by atoms with Gasteiger partial charge in [0, 0.05) is 0 Å². The molecule has 0 fully saturated rings. The highest BCUT2D eigenvalue weighted by molar-refractivity contribution is 14.1. The summed E-state index contributed by atoms with van der Waals surface area (Å²) in [5, 5.41) is 2.31. The molecule has 0 atom stereocenters. The van der Waals surface area contributed by atoms with E-state index in [2.05, 4.69) is 6.07 Å². The average molecular weight is 300 g/mol. The van der Waals surface area contributed by atoms with Crippen molar-refractivity contribution in [3.8, 4) is 11.5 Å². The topological polar surface area (TPSA) is 18.5 Å². The van der Waals surface area contributed by atoms with Crippen molar-refractivity contribution in [3.05, 3.63) is 36.4 Å². The van der Waals surface area contributed by atoms with Gasteiger partial charge in [-0.1, -0.05) is 24.3 Å². The van der Waals surface area contributed by atoms with Crippen molar-refractivity contribution >= 4 is 33.8 Å². The number of hydrogen-bond donors (Lipinski definition) is 0. The van der Waals surface area contributed by atoms with Gasteiger partial charge in [-0.2, -0.15) is 0 Å². The van der Waals surface area contributed by atoms with Crippen LogP contribution in [0.25, 0.3) is 10.8 Å². The van der Waals surface area contributed by atoms with Crippen LogP contribution in [-0.4, -0.2) is 7.11 Å². The monoisotopic (exact) mass is 300 g/mol. The molecular formula is C11H9IO2. The molecule has 2 nitrogen and oxygen atoms in total. The van der Waals surface area contributed by atoms with Crippen molar-refractivity contribution in [2.45, 2.75) is 0 Å². The maximum Gasteiger partial charge on any atom is 0.192 e. The first-order valence-electron chi connectivity index (χ1n) is 4.20. The Hall–Kier alpha value is -0.970. The summed E-state index contributed by atoms with van der Waals surface area (Å²) in [7, 11) is 1.64. The van der Waals surface area contributed by atoms with Crippen molar-refractivity contribution in [1.82, 2.24) is 0 Å². The van der Waals surface area contributed by atoms with Crippen LogP contribution in [0, 0.1) is 0 Å². The molecular weight excluding hydrogens is 291 g/mol. The predicted octanol–water partition coefficient (Wildman–Crippen LogP) is 3.58. The van der Waals surface area contributed by atoms with Crippen molar-refractivity contribution < 1.29 is 7.80 Å². The van der Waals surface area contributed by atoms with E-state index in [0.29, 0.717) is 0 Å². The third-order valence-corrected chi connectivity index (χ3v) is 2.59. The summed E-state index contributed by atoms with van der Waals surface area (Å²) in [4.78, 5) is 0. The van der Waals surface area contributed by atoms with Gasteiger partial charge in [-0.15, -0.1) is 0 Å². The summed E-state index contributed by atoms with van der Waals surface area (Å²) in [6.07, 6.45) is 0. The van der Waals surface area contributed by atoms with E-state index in [1.54, 1.807) is 7.11 Å². The molecule has 2 rings (SSSR count). The SMILES string of the molecule is COc1cc2ccccc2cc1OI. The van der Waals surface area contributed by atoms with Gasteiger partial charge in [-0.25, -0.2) is 0 Å². The predicted molar refractivity (Wildman–Crippen MR) is 65.1 cm³/mol. The fourth-order valence-corrected chi connectivity index (χ4v) is 1.76. The summed E-state index contributed by atoms with van der Waals surface area (Å²) in [5.74, 6) is 1.52. The number of fused-ring (bicyclic) bond motifs is 1. The van der Waals surface area contributed by atoms with Gasteiger partial charge in [0.15, 0.2) is 34.5 Å². The van der Waals surface area contributed by atoms with E-state index in [1.807, 2.05) is 53.3 Å². The summed E-state index contributed by atoms with van der Waals surface area (Å²) in [6.45, 7) is 0. The highest BCUT2D eigenvalue weighted by atomic mass is 127. The molecule has 0 heterocycles. The third kappa shape index (κ3) is 1.64. The zero-order chi connectivity index (χ0) is 9.97. The van der Waals surface area contributed by atoms with Crippen molar-refractivity contribution in [3.63, 3.8) is 0 Å². The molecule has 0 unspecified atom stereocenters. The number of halogens is 1. The molecule has 2 aromatic rings. The quantitative estimate of drug-likeness (QED) is 0.789. The van der Waals surface area contributed by atoms with Crippen molar-refractivity contribution in [2.24, 2.45) is 0 Å². The van der Waals surface area contributed by atoms with Crippen LogP contribution in [0.3, 0.4) is 0 Å². The van der Waals surface area contributed by atoms with Crippen LogP contribution in [0.5, 0.6) is 11.5 Å². The Labute approximate surface area is 96.5 Å². The molecule has 0 saturated carbocycles. The Bertz CT molecular complexity index is 411. The molecule has 14 heavy (non-hydrogen) atoms. The summed E-state index contributed by atoms with van der Waals surface area (Å²) < 4.78 is 10.4. The van der Waals surface area contributed by atoms with E-state index in [-0.39, 0.29) is 0 Å². The lowest BCUT2D eigenvalue weighted by Crippen LogP contribution is -1.86. The minimum atomic E-state index is 0.756. The lowest BCUT2D eigenvalue weighted by atomic mass is 10.1. The molecule has 0 amide bonds. The first-order chi connectivity index (χ1) is 6.85. The molecule has 0 N–H and O–H groups in total. The molecule has 72 valence electrons. The van der Waals surface area contributed by atoms with Crippen LogP contribution < -0.4 is 7.80 Å². The second-order valence-corrected chi connectivity index (χ2v) is 3.37. The van der Waals surface area contributed by atoms with Crippen LogP contribution in [0.15, 0.2) is 36.4 Å². The van der Waals surface area contributed by atoms with E-state index in [9.17, 15) is 0 Å². The molecule has 0 aliphatic rings. The van der Waals surface area contributed by atoms with Gasteiger partial charge in [0.1, 0.15) is 0 Å². The highest BCUT2D eigenvalue weighted by Gasteiger charge is 2.05. The number of rotatable bonds is 2. The Morgan fingerprint density at radius 1 is 1.00 bits per heavy atom. The van der Waals surface area contributed by atoms with E-state index in [0.717, 1.165) is 22.3 Å². The standard InChI is InChI=1S/C11H9IO2/c1-13-10-6-8-4-2-3-5-9(8)7-11(10)14-12/h2-7H,1H3. The van der Waals surface area contributed by atoms with Crippen LogP contribution in [-0.2, 0) is 0 Å². The molecule has 0 aliphatic carbocycles. The third-order valence-electron chi connectivity index (χ3n) is 2.12. The maximum atomic E-state index is 5.21. The normalized spacial score (nSPS) is 10.1. The van der Waals surface area contributed by atoms with Gasteiger partial charge in [-0.3, -0.25) is 0 Å². The lowest BCUT2D eigenvalue weighted by Gasteiger charge is -2.07. The van der Waals surface area contributed by atoms with Crippen molar-refractivity contribution in [1.29, 1.82) is 0 Å². The van der Waals surface area contributed by atoms with Gasteiger partial charge in [0.2, 0.25) is 0 Å². The molecule has 0 radical (unpaired) electrons. The number of methoxy groups -OCH3 is 1. The molecule has 2 aromatic carbocycles. The summed E-state index contributed by atoms with van der Waals surface area (Å²) in [5.41, 5.74) is 0. The number of hydrogen-bond acceptors (Lipinski definition) is 2.